The summed E-state index contributed by atoms with van der Waals surface area (Å²) >= 11 is 3.47. The van der Waals surface area contributed by atoms with Crippen molar-refractivity contribution >= 4 is 26.8 Å². The summed E-state index contributed by atoms with van der Waals surface area (Å²) in [6, 6.07) is 13.8. The molecule has 1 saturated carbocycles. The molecule has 0 N–H and O–H groups in total. The van der Waals surface area contributed by atoms with Gasteiger partial charge in [-0.1, -0.05) is 65.0 Å². The highest BCUT2D eigenvalue weighted by atomic mass is 79.9. The Morgan fingerprint density at radius 2 is 1.81 bits per heavy atom. The van der Waals surface area contributed by atoms with E-state index in [2.05, 4.69) is 22.0 Å². The van der Waals surface area contributed by atoms with Crippen LogP contribution >= 0.6 is 15.9 Å². The van der Waals surface area contributed by atoms with Gasteiger partial charge in [-0.2, -0.15) is 0 Å². The minimum Gasteiger partial charge on any atom is -0.289 e. The predicted octanol–water partition coefficient (Wildman–Crippen LogP) is 4.79. The van der Waals surface area contributed by atoms with E-state index in [-0.39, 0.29) is 17.3 Å². The van der Waals surface area contributed by atoms with Crippen LogP contribution in [0.1, 0.15) is 49.3 Å². The van der Waals surface area contributed by atoms with E-state index < -0.39 is 0 Å². The lowest BCUT2D eigenvalue weighted by Crippen LogP contribution is -2.43. The van der Waals surface area contributed by atoms with Crippen molar-refractivity contribution in [2.24, 2.45) is 0 Å². The van der Waals surface area contributed by atoms with E-state index >= 15 is 0 Å². The van der Waals surface area contributed by atoms with Crippen molar-refractivity contribution < 1.29 is 0 Å². The third-order valence-electron chi connectivity index (χ3n) is 5.50. The molecular formula is C22H23BrN2O2. The summed E-state index contributed by atoms with van der Waals surface area (Å²) in [6.45, 7) is 2.51. The standard InChI is InChI=1S/C22H23BrN2O2/c1-15-6-5-7-16(12-15)14-24-20-11-10-17(23)13-19(20)21(26)25(22(24)27)18-8-3-2-4-9-18/h5-7,10-13,18H,2-4,8-9,14H2,1H3. The Morgan fingerprint density at radius 3 is 2.56 bits per heavy atom. The molecule has 0 amide bonds. The molecule has 2 aromatic carbocycles. The number of aryl methyl sites for hydroxylation is 1. The van der Waals surface area contributed by atoms with Gasteiger partial charge in [-0.15, -0.1) is 0 Å². The normalized spacial score (nSPS) is 15.3. The SMILES string of the molecule is Cc1cccc(Cn2c(=O)n(C3CCCCC3)c(=O)c3cc(Br)ccc32)c1. The molecule has 0 unspecified atom stereocenters. The maximum absolute atomic E-state index is 13.4. The summed E-state index contributed by atoms with van der Waals surface area (Å²) in [5.41, 5.74) is 2.57. The van der Waals surface area contributed by atoms with E-state index in [9.17, 15) is 9.59 Å². The van der Waals surface area contributed by atoms with E-state index in [4.69, 9.17) is 0 Å². The molecule has 4 nitrogen and oxygen atoms in total. The Morgan fingerprint density at radius 1 is 1.04 bits per heavy atom. The summed E-state index contributed by atoms with van der Waals surface area (Å²) in [6.07, 6.45) is 5.13. The van der Waals surface area contributed by atoms with Crippen LogP contribution in [0.2, 0.25) is 0 Å². The monoisotopic (exact) mass is 426 g/mol. The zero-order chi connectivity index (χ0) is 19.0. The van der Waals surface area contributed by atoms with Crippen LogP contribution in [0.25, 0.3) is 10.9 Å². The zero-order valence-corrected chi connectivity index (χ0v) is 17.0. The number of nitrogens with zero attached hydrogens (tertiary/aromatic N) is 2. The van der Waals surface area contributed by atoms with Gasteiger partial charge in [-0.05, 0) is 43.5 Å². The fraction of sp³-hybridized carbons (Fsp3) is 0.364. The molecule has 1 fully saturated rings. The summed E-state index contributed by atoms with van der Waals surface area (Å²) in [5, 5.41) is 0.599. The lowest BCUT2D eigenvalue weighted by atomic mass is 9.95. The van der Waals surface area contributed by atoms with Gasteiger partial charge in [0.2, 0.25) is 0 Å². The molecule has 1 aromatic heterocycles. The second-order valence-electron chi connectivity index (χ2n) is 7.49. The molecule has 1 aliphatic carbocycles. The maximum atomic E-state index is 13.4. The van der Waals surface area contributed by atoms with E-state index in [1.54, 1.807) is 4.57 Å². The number of rotatable bonds is 3. The van der Waals surface area contributed by atoms with E-state index in [1.807, 2.05) is 43.3 Å². The van der Waals surface area contributed by atoms with Crippen LogP contribution in [0.15, 0.2) is 56.5 Å². The highest BCUT2D eigenvalue weighted by Gasteiger charge is 2.22. The van der Waals surface area contributed by atoms with Gasteiger partial charge < -0.3 is 0 Å². The van der Waals surface area contributed by atoms with Crippen molar-refractivity contribution in [1.29, 1.82) is 0 Å². The van der Waals surface area contributed by atoms with Crippen LogP contribution in [0.5, 0.6) is 0 Å². The van der Waals surface area contributed by atoms with Crippen LogP contribution in [-0.2, 0) is 6.54 Å². The molecule has 5 heteroatoms. The average molecular weight is 427 g/mol. The van der Waals surface area contributed by atoms with E-state index in [0.717, 1.165) is 41.3 Å². The Labute approximate surface area is 166 Å². The summed E-state index contributed by atoms with van der Waals surface area (Å²) in [5.74, 6) is 0. The molecule has 0 atom stereocenters. The molecule has 0 bridgehead atoms. The molecule has 4 rings (SSSR count). The Bertz CT molecular complexity index is 1110. The molecule has 0 spiro atoms. The number of aromatic nitrogens is 2. The molecule has 0 saturated heterocycles. The Hall–Kier alpha value is -2.14. The molecule has 0 aliphatic heterocycles. The molecule has 3 aromatic rings. The van der Waals surface area contributed by atoms with Gasteiger partial charge in [0, 0.05) is 10.5 Å². The van der Waals surface area contributed by atoms with Gasteiger partial charge in [0.05, 0.1) is 17.4 Å². The number of hydrogen-bond donors (Lipinski definition) is 0. The van der Waals surface area contributed by atoms with Crippen molar-refractivity contribution in [1.82, 2.24) is 9.13 Å². The highest BCUT2D eigenvalue weighted by molar-refractivity contribution is 9.10. The van der Waals surface area contributed by atoms with Crippen molar-refractivity contribution in [3.63, 3.8) is 0 Å². The first-order valence-electron chi connectivity index (χ1n) is 9.55. The van der Waals surface area contributed by atoms with E-state index in [1.165, 1.54) is 11.0 Å². The highest BCUT2D eigenvalue weighted by Crippen LogP contribution is 2.27. The van der Waals surface area contributed by atoms with Crippen molar-refractivity contribution in [2.75, 3.05) is 0 Å². The minimum atomic E-state index is -0.191. The Balaban J connectivity index is 1.95. The van der Waals surface area contributed by atoms with Gasteiger partial charge in [0.15, 0.2) is 0 Å². The lowest BCUT2D eigenvalue weighted by molar-refractivity contribution is 0.333. The second-order valence-corrected chi connectivity index (χ2v) is 8.40. The fourth-order valence-electron chi connectivity index (χ4n) is 4.17. The minimum absolute atomic E-state index is 0.00545. The molecule has 1 aliphatic rings. The lowest BCUT2D eigenvalue weighted by Gasteiger charge is -2.25. The van der Waals surface area contributed by atoms with Gasteiger partial charge in [0.1, 0.15) is 0 Å². The van der Waals surface area contributed by atoms with Crippen molar-refractivity contribution in [2.45, 2.75) is 51.6 Å². The third-order valence-corrected chi connectivity index (χ3v) is 5.99. The molecular weight excluding hydrogens is 404 g/mol. The molecule has 140 valence electrons. The second kappa shape index (κ2) is 7.47. The summed E-state index contributed by atoms with van der Waals surface area (Å²) < 4.78 is 4.12. The first kappa shape index (κ1) is 18.2. The smallest absolute Gasteiger partial charge is 0.289 e. The molecule has 0 radical (unpaired) electrons. The van der Waals surface area contributed by atoms with Crippen molar-refractivity contribution in [3.05, 3.63) is 78.9 Å². The van der Waals surface area contributed by atoms with Gasteiger partial charge in [-0.25, -0.2) is 4.79 Å². The summed E-state index contributed by atoms with van der Waals surface area (Å²) in [7, 11) is 0. The topological polar surface area (TPSA) is 44.0 Å². The predicted molar refractivity (Wildman–Crippen MR) is 113 cm³/mol. The fourth-order valence-corrected chi connectivity index (χ4v) is 4.53. The number of halogens is 1. The van der Waals surface area contributed by atoms with Crippen LogP contribution in [-0.4, -0.2) is 9.13 Å². The van der Waals surface area contributed by atoms with Gasteiger partial charge in [-0.3, -0.25) is 13.9 Å². The number of fused-ring (bicyclic) bond motifs is 1. The van der Waals surface area contributed by atoms with E-state index in [0.29, 0.717) is 17.4 Å². The van der Waals surface area contributed by atoms with Gasteiger partial charge in [0.25, 0.3) is 5.56 Å². The van der Waals surface area contributed by atoms with Gasteiger partial charge >= 0.3 is 5.69 Å². The van der Waals surface area contributed by atoms with Crippen LogP contribution in [0.3, 0.4) is 0 Å². The third kappa shape index (κ3) is 3.53. The summed E-state index contributed by atoms with van der Waals surface area (Å²) in [4.78, 5) is 26.6. The first-order chi connectivity index (χ1) is 13.0. The Kier molecular flexibility index (Phi) is 5.04. The maximum Gasteiger partial charge on any atom is 0.332 e. The average Bonchev–Trinajstić information content (AvgIpc) is 2.66. The largest absolute Gasteiger partial charge is 0.332 e. The van der Waals surface area contributed by atoms with Crippen LogP contribution in [0, 0.1) is 6.92 Å². The quantitative estimate of drug-likeness (QED) is 0.604. The molecule has 27 heavy (non-hydrogen) atoms. The number of benzene rings is 2. The van der Waals surface area contributed by atoms with Crippen molar-refractivity contribution in [3.8, 4) is 0 Å². The zero-order valence-electron chi connectivity index (χ0n) is 15.5. The molecule has 1 heterocycles. The first-order valence-corrected chi connectivity index (χ1v) is 10.3. The van der Waals surface area contributed by atoms with Crippen LogP contribution < -0.4 is 11.2 Å². The number of hydrogen-bond acceptors (Lipinski definition) is 2. The van der Waals surface area contributed by atoms with Crippen LogP contribution in [0.4, 0.5) is 0 Å².